The predicted octanol–water partition coefficient (Wildman–Crippen LogP) is 3.98. The number of rotatable bonds is 3. The van der Waals surface area contributed by atoms with E-state index in [-0.39, 0.29) is 18.0 Å². The Morgan fingerprint density at radius 2 is 1.71 bits per heavy atom. The fourth-order valence-electron chi connectivity index (χ4n) is 5.35. The predicted molar refractivity (Wildman–Crippen MR) is 111 cm³/mol. The van der Waals surface area contributed by atoms with Gasteiger partial charge in [-0.15, -0.1) is 0 Å². The van der Waals surface area contributed by atoms with Crippen molar-refractivity contribution in [2.24, 2.45) is 0 Å². The fourth-order valence-corrected chi connectivity index (χ4v) is 5.35. The molecule has 0 unspecified atom stereocenters. The third-order valence-electron chi connectivity index (χ3n) is 7.05. The monoisotopic (exact) mass is 430 g/mol. The number of piperidine rings is 1. The lowest BCUT2D eigenvalue weighted by molar-refractivity contribution is -0.181. The summed E-state index contributed by atoms with van der Waals surface area (Å²) >= 11 is 0. The first-order valence-electron chi connectivity index (χ1n) is 11.2. The first kappa shape index (κ1) is 20.6. The van der Waals surface area contributed by atoms with Gasteiger partial charge in [-0.05, 0) is 55.9 Å². The maximum Gasteiger partial charge on any atom is 0.270 e. The Morgan fingerprint density at radius 1 is 1.06 bits per heavy atom. The molecular weight excluding hydrogens is 402 g/mol. The van der Waals surface area contributed by atoms with Gasteiger partial charge in [0.2, 0.25) is 0 Å². The number of ether oxygens (including phenoxy) is 2. The van der Waals surface area contributed by atoms with Gasteiger partial charge in [0.25, 0.3) is 5.91 Å². The van der Waals surface area contributed by atoms with E-state index >= 15 is 0 Å². The molecule has 5 nitrogen and oxygen atoms in total. The Labute approximate surface area is 180 Å². The van der Waals surface area contributed by atoms with Crippen LogP contribution < -0.4 is 0 Å². The van der Waals surface area contributed by atoms with Crippen LogP contribution in [-0.2, 0) is 28.9 Å². The van der Waals surface area contributed by atoms with E-state index in [1.807, 2.05) is 16.4 Å². The van der Waals surface area contributed by atoms with E-state index in [0.717, 1.165) is 36.9 Å². The molecule has 2 aromatic rings. The maximum absolute atomic E-state index is 14.5. The highest BCUT2D eigenvalue weighted by Gasteiger charge is 2.41. The zero-order chi connectivity index (χ0) is 21.6. The second-order valence-corrected chi connectivity index (χ2v) is 8.79. The Morgan fingerprint density at radius 3 is 2.39 bits per heavy atom. The van der Waals surface area contributed by atoms with Crippen LogP contribution in [0, 0.1) is 18.6 Å². The molecule has 1 amide bonds. The van der Waals surface area contributed by atoms with Crippen molar-refractivity contribution in [2.75, 3.05) is 26.3 Å². The molecule has 1 spiro atoms. The molecule has 0 radical (unpaired) electrons. The third kappa shape index (κ3) is 3.57. The number of nitrogens with zero attached hydrogens (tertiary/aromatic N) is 2. The molecule has 7 heteroatoms. The topological polar surface area (TPSA) is 43.7 Å². The van der Waals surface area contributed by atoms with Crippen molar-refractivity contribution < 1.29 is 23.0 Å². The lowest BCUT2D eigenvalue weighted by Crippen LogP contribution is -2.47. The van der Waals surface area contributed by atoms with Crippen LogP contribution in [0.5, 0.6) is 0 Å². The summed E-state index contributed by atoms with van der Waals surface area (Å²) in [6, 6.07) is 3.91. The van der Waals surface area contributed by atoms with Crippen LogP contribution in [0.25, 0.3) is 0 Å². The molecule has 0 atom stereocenters. The van der Waals surface area contributed by atoms with Crippen LogP contribution in [0.1, 0.15) is 58.6 Å². The number of carbonyl (C=O) groups is 1. The van der Waals surface area contributed by atoms with Gasteiger partial charge in [0.15, 0.2) is 5.79 Å². The summed E-state index contributed by atoms with van der Waals surface area (Å²) in [5.41, 5.74) is 3.74. The van der Waals surface area contributed by atoms with Crippen molar-refractivity contribution in [1.29, 1.82) is 0 Å². The second kappa shape index (κ2) is 8.02. The molecule has 3 heterocycles. The average molecular weight is 430 g/mol. The van der Waals surface area contributed by atoms with Crippen LogP contribution in [-0.4, -0.2) is 47.5 Å². The minimum absolute atomic E-state index is 0.00489. The molecule has 5 rings (SSSR count). The quantitative estimate of drug-likeness (QED) is 0.740. The number of benzene rings is 1. The Balaban J connectivity index is 1.49. The summed E-state index contributed by atoms with van der Waals surface area (Å²) in [7, 11) is 0. The average Bonchev–Trinajstić information content (AvgIpc) is 3.34. The highest BCUT2D eigenvalue weighted by atomic mass is 19.1. The number of halogens is 2. The molecule has 2 fully saturated rings. The number of aromatic nitrogens is 1. The molecule has 0 bridgehead atoms. The molecular formula is C24H28F2N2O3. The van der Waals surface area contributed by atoms with Gasteiger partial charge in [0, 0.05) is 37.2 Å². The van der Waals surface area contributed by atoms with Crippen molar-refractivity contribution in [2.45, 2.75) is 57.8 Å². The van der Waals surface area contributed by atoms with Gasteiger partial charge >= 0.3 is 0 Å². The zero-order valence-electron chi connectivity index (χ0n) is 17.9. The molecule has 2 saturated heterocycles. The smallest absolute Gasteiger partial charge is 0.270 e. The normalized spacial score (nSPS) is 20.3. The number of amides is 1. The number of carbonyl (C=O) groups excluding carboxylic acids is 1. The molecule has 0 N–H and O–H groups in total. The maximum atomic E-state index is 14.5. The second-order valence-electron chi connectivity index (χ2n) is 8.79. The molecule has 2 aliphatic heterocycles. The number of likely N-dealkylation sites (tertiary alicyclic amines) is 1. The van der Waals surface area contributed by atoms with E-state index in [1.54, 1.807) is 0 Å². The van der Waals surface area contributed by atoms with Gasteiger partial charge in [-0.2, -0.15) is 0 Å². The fraction of sp³-hybridized carbons (Fsp3) is 0.542. The van der Waals surface area contributed by atoms with Gasteiger partial charge < -0.3 is 18.9 Å². The van der Waals surface area contributed by atoms with E-state index in [2.05, 4.69) is 0 Å². The minimum Gasteiger partial charge on any atom is -0.347 e. The lowest BCUT2D eigenvalue weighted by atomic mass is 9.95. The number of fused-ring (bicyclic) bond motifs is 1. The van der Waals surface area contributed by atoms with E-state index in [9.17, 15) is 13.6 Å². The molecule has 3 aliphatic rings. The highest BCUT2D eigenvalue weighted by molar-refractivity contribution is 5.95. The van der Waals surface area contributed by atoms with Crippen LogP contribution in [0.4, 0.5) is 8.78 Å². The summed E-state index contributed by atoms with van der Waals surface area (Å²) in [4.78, 5) is 15.5. The van der Waals surface area contributed by atoms with E-state index < -0.39 is 17.4 Å². The SMILES string of the molecule is Cc1c2c(n(Cc3c(F)cccc3F)c1C(=O)N1CCC3(CC1)OCCO3)CCCC2. The first-order valence-corrected chi connectivity index (χ1v) is 11.2. The van der Waals surface area contributed by atoms with Crippen molar-refractivity contribution in [1.82, 2.24) is 9.47 Å². The number of hydrogen-bond acceptors (Lipinski definition) is 3. The van der Waals surface area contributed by atoms with Crippen molar-refractivity contribution in [3.63, 3.8) is 0 Å². The van der Waals surface area contributed by atoms with Crippen LogP contribution in [0.3, 0.4) is 0 Å². The first-order chi connectivity index (χ1) is 15.0. The molecule has 1 aromatic carbocycles. The molecule has 1 aliphatic carbocycles. The summed E-state index contributed by atoms with van der Waals surface area (Å²) in [6.45, 7) is 4.28. The molecule has 166 valence electrons. The van der Waals surface area contributed by atoms with Crippen molar-refractivity contribution >= 4 is 5.91 Å². The van der Waals surface area contributed by atoms with Crippen molar-refractivity contribution in [3.05, 3.63) is 57.9 Å². The third-order valence-corrected chi connectivity index (χ3v) is 7.05. The summed E-state index contributed by atoms with van der Waals surface area (Å²) in [5.74, 6) is -1.78. The summed E-state index contributed by atoms with van der Waals surface area (Å²) < 4.78 is 42.4. The molecule has 0 saturated carbocycles. The van der Waals surface area contributed by atoms with Gasteiger partial charge in [-0.1, -0.05) is 6.07 Å². The molecule has 31 heavy (non-hydrogen) atoms. The largest absolute Gasteiger partial charge is 0.347 e. The van der Waals surface area contributed by atoms with Crippen LogP contribution in [0.15, 0.2) is 18.2 Å². The van der Waals surface area contributed by atoms with Gasteiger partial charge in [-0.25, -0.2) is 8.78 Å². The Bertz CT molecular complexity index is 980. The minimum atomic E-state index is -0.579. The van der Waals surface area contributed by atoms with Crippen LogP contribution in [0.2, 0.25) is 0 Å². The Hall–Kier alpha value is -2.25. The van der Waals surface area contributed by atoms with Gasteiger partial charge in [0.1, 0.15) is 17.3 Å². The van der Waals surface area contributed by atoms with E-state index in [4.69, 9.17) is 9.47 Å². The van der Waals surface area contributed by atoms with Crippen molar-refractivity contribution in [3.8, 4) is 0 Å². The van der Waals surface area contributed by atoms with Gasteiger partial charge in [0.05, 0.1) is 19.8 Å². The summed E-state index contributed by atoms with van der Waals surface area (Å²) in [6.07, 6.45) is 5.09. The highest BCUT2D eigenvalue weighted by Crippen LogP contribution is 2.35. The summed E-state index contributed by atoms with van der Waals surface area (Å²) in [5, 5.41) is 0. The van der Waals surface area contributed by atoms with Crippen LogP contribution >= 0.6 is 0 Å². The zero-order valence-corrected chi connectivity index (χ0v) is 17.9. The Kier molecular flexibility index (Phi) is 5.34. The number of hydrogen-bond donors (Lipinski definition) is 0. The lowest BCUT2D eigenvalue weighted by Gasteiger charge is -2.37. The molecule has 1 aromatic heterocycles. The van der Waals surface area contributed by atoms with E-state index in [1.165, 1.54) is 23.8 Å². The van der Waals surface area contributed by atoms with Gasteiger partial charge in [-0.3, -0.25) is 4.79 Å². The van der Waals surface area contributed by atoms with E-state index in [0.29, 0.717) is 44.8 Å². The standard InChI is InChI=1S/C24H28F2N2O3/c1-16-17-5-2-3-8-21(17)28(15-18-19(25)6-4-7-20(18)26)22(16)23(29)27-11-9-24(10-12-27)30-13-14-31-24/h4,6-7H,2-3,5,8-15H2,1H3.